The lowest BCUT2D eigenvalue weighted by molar-refractivity contribution is 0.246. The molecule has 1 aliphatic carbocycles. The number of hydrogen-bond acceptors (Lipinski definition) is 4. The molecule has 1 atom stereocenters. The Kier molecular flexibility index (Phi) is 6.46. The highest BCUT2D eigenvalue weighted by Gasteiger charge is 2.19. The predicted octanol–water partition coefficient (Wildman–Crippen LogP) is 4.88. The van der Waals surface area contributed by atoms with Crippen LogP contribution < -0.4 is 10.6 Å². The van der Waals surface area contributed by atoms with Crippen LogP contribution in [0.3, 0.4) is 0 Å². The Morgan fingerprint density at radius 3 is 2.62 bits per heavy atom. The maximum atomic E-state index is 12.8. The van der Waals surface area contributed by atoms with Gasteiger partial charge in [0, 0.05) is 10.1 Å². The first kappa shape index (κ1) is 19.5. The molecule has 1 heterocycles. The van der Waals surface area contributed by atoms with Crippen LogP contribution in [0.4, 0.5) is 10.5 Å². The first-order chi connectivity index (χ1) is 14.3. The molecule has 0 bridgehead atoms. The fraction of sp³-hybridized carbons (Fsp3) is 0.318. The van der Waals surface area contributed by atoms with Crippen LogP contribution in [-0.2, 0) is 6.54 Å². The van der Waals surface area contributed by atoms with Crippen LogP contribution in [0, 0.1) is 0 Å². The molecule has 0 unspecified atom stereocenters. The van der Waals surface area contributed by atoms with Crippen LogP contribution in [0.25, 0.3) is 0 Å². The van der Waals surface area contributed by atoms with Crippen molar-refractivity contribution in [2.45, 2.75) is 48.4 Å². The van der Waals surface area contributed by atoms with E-state index in [0.29, 0.717) is 11.8 Å². The third kappa shape index (κ3) is 5.38. The lowest BCUT2D eigenvalue weighted by Crippen LogP contribution is -2.35. The minimum Gasteiger partial charge on any atom is -0.329 e. The van der Waals surface area contributed by atoms with Gasteiger partial charge in [0.25, 0.3) is 0 Å². The average Bonchev–Trinajstić information content (AvgIpc) is 3.44. The summed E-state index contributed by atoms with van der Waals surface area (Å²) in [5.74, 6) is 0. The Morgan fingerprint density at radius 2 is 1.86 bits per heavy atom. The van der Waals surface area contributed by atoms with Gasteiger partial charge >= 0.3 is 6.03 Å². The van der Waals surface area contributed by atoms with Gasteiger partial charge in [0.2, 0.25) is 0 Å². The van der Waals surface area contributed by atoms with E-state index in [1.807, 2.05) is 60.3 Å². The molecule has 2 amide bonds. The Balaban J connectivity index is 1.45. The number of aromatic nitrogens is 3. The van der Waals surface area contributed by atoms with Crippen molar-refractivity contribution in [3.8, 4) is 0 Å². The number of para-hydroxylation sites is 1. The zero-order chi connectivity index (χ0) is 19.9. The van der Waals surface area contributed by atoms with Gasteiger partial charge in [-0.05, 0) is 30.5 Å². The molecule has 29 heavy (non-hydrogen) atoms. The van der Waals surface area contributed by atoms with Crippen molar-refractivity contribution in [3.05, 3.63) is 72.8 Å². The SMILES string of the molecule is O=C(Nc1ccccc1SC1CCCC1)N[C@@H](Cn1cncn1)c1ccccc1. The van der Waals surface area contributed by atoms with Gasteiger partial charge in [0.1, 0.15) is 12.7 Å². The van der Waals surface area contributed by atoms with E-state index in [1.54, 1.807) is 11.0 Å². The van der Waals surface area contributed by atoms with Gasteiger partial charge in [-0.3, -0.25) is 4.68 Å². The highest BCUT2D eigenvalue weighted by molar-refractivity contribution is 8.00. The summed E-state index contributed by atoms with van der Waals surface area (Å²) in [6.07, 6.45) is 8.25. The molecule has 150 valence electrons. The molecule has 0 spiro atoms. The minimum absolute atomic E-state index is 0.215. The van der Waals surface area contributed by atoms with Gasteiger partial charge in [-0.15, -0.1) is 11.8 Å². The predicted molar refractivity (Wildman–Crippen MR) is 116 cm³/mol. The third-order valence-electron chi connectivity index (χ3n) is 5.07. The van der Waals surface area contributed by atoms with Crippen molar-refractivity contribution in [2.75, 3.05) is 5.32 Å². The first-order valence-electron chi connectivity index (χ1n) is 9.98. The topological polar surface area (TPSA) is 71.8 Å². The van der Waals surface area contributed by atoms with Crippen molar-refractivity contribution in [3.63, 3.8) is 0 Å². The third-order valence-corrected chi connectivity index (χ3v) is 6.49. The van der Waals surface area contributed by atoms with Crippen molar-refractivity contribution in [1.29, 1.82) is 0 Å². The second-order valence-electron chi connectivity index (χ2n) is 7.20. The number of amides is 2. The van der Waals surface area contributed by atoms with Gasteiger partial charge in [0.15, 0.2) is 0 Å². The fourth-order valence-corrected chi connectivity index (χ4v) is 4.94. The van der Waals surface area contributed by atoms with E-state index in [1.165, 1.54) is 32.0 Å². The molecular formula is C22H25N5OS. The zero-order valence-corrected chi connectivity index (χ0v) is 17.0. The zero-order valence-electron chi connectivity index (χ0n) is 16.2. The maximum Gasteiger partial charge on any atom is 0.319 e. The van der Waals surface area contributed by atoms with Gasteiger partial charge in [-0.1, -0.05) is 55.3 Å². The first-order valence-corrected chi connectivity index (χ1v) is 10.9. The fourth-order valence-electron chi connectivity index (χ4n) is 3.61. The van der Waals surface area contributed by atoms with Crippen molar-refractivity contribution < 1.29 is 4.79 Å². The molecule has 6 nitrogen and oxygen atoms in total. The minimum atomic E-state index is -0.224. The quantitative estimate of drug-likeness (QED) is 0.586. The van der Waals surface area contributed by atoms with Crippen molar-refractivity contribution >= 4 is 23.5 Å². The molecule has 1 aromatic heterocycles. The Hall–Kier alpha value is -2.80. The normalized spacial score (nSPS) is 15.2. The van der Waals surface area contributed by atoms with E-state index in [-0.39, 0.29) is 12.1 Å². The number of rotatable bonds is 7. The summed E-state index contributed by atoms with van der Waals surface area (Å²) in [5.41, 5.74) is 1.88. The van der Waals surface area contributed by atoms with Crippen LogP contribution in [0.15, 0.2) is 72.1 Å². The largest absolute Gasteiger partial charge is 0.329 e. The summed E-state index contributed by atoms with van der Waals surface area (Å²) in [5, 5.41) is 11.0. The molecule has 4 rings (SSSR count). The van der Waals surface area contributed by atoms with E-state index in [4.69, 9.17) is 0 Å². The van der Waals surface area contributed by atoms with Crippen molar-refractivity contribution in [1.82, 2.24) is 20.1 Å². The summed E-state index contributed by atoms with van der Waals surface area (Å²) in [6.45, 7) is 0.510. The van der Waals surface area contributed by atoms with E-state index in [2.05, 4.69) is 26.8 Å². The molecule has 1 aliphatic rings. The maximum absolute atomic E-state index is 12.8. The van der Waals surface area contributed by atoms with Gasteiger partial charge < -0.3 is 10.6 Å². The van der Waals surface area contributed by atoms with E-state index in [0.717, 1.165) is 16.1 Å². The number of thioether (sulfide) groups is 1. The molecule has 2 aromatic carbocycles. The average molecular weight is 408 g/mol. The van der Waals surface area contributed by atoms with Crippen LogP contribution in [0.1, 0.15) is 37.3 Å². The van der Waals surface area contributed by atoms with Crippen LogP contribution in [0.2, 0.25) is 0 Å². The summed E-state index contributed by atoms with van der Waals surface area (Å²) in [7, 11) is 0. The molecule has 1 saturated carbocycles. The Bertz CT molecular complexity index is 910. The van der Waals surface area contributed by atoms with E-state index >= 15 is 0 Å². The van der Waals surface area contributed by atoms with Crippen molar-refractivity contribution in [2.24, 2.45) is 0 Å². The Labute approximate surface area is 175 Å². The van der Waals surface area contributed by atoms with Crippen LogP contribution in [-0.4, -0.2) is 26.0 Å². The van der Waals surface area contributed by atoms with Gasteiger partial charge in [-0.2, -0.15) is 5.10 Å². The highest BCUT2D eigenvalue weighted by Crippen LogP contribution is 2.38. The highest BCUT2D eigenvalue weighted by atomic mass is 32.2. The lowest BCUT2D eigenvalue weighted by atomic mass is 10.1. The number of nitrogens with one attached hydrogen (secondary N) is 2. The number of urea groups is 1. The summed E-state index contributed by atoms with van der Waals surface area (Å²) < 4.78 is 1.72. The monoisotopic (exact) mass is 407 g/mol. The van der Waals surface area contributed by atoms with Crippen LogP contribution >= 0.6 is 11.8 Å². The molecular weight excluding hydrogens is 382 g/mol. The smallest absolute Gasteiger partial charge is 0.319 e. The van der Waals surface area contributed by atoms with Crippen LogP contribution in [0.5, 0.6) is 0 Å². The molecule has 0 radical (unpaired) electrons. The molecule has 0 saturated heterocycles. The van der Waals surface area contributed by atoms with Gasteiger partial charge in [-0.25, -0.2) is 9.78 Å². The summed E-state index contributed by atoms with van der Waals surface area (Å²) in [6, 6.07) is 17.5. The molecule has 0 aliphatic heterocycles. The standard InChI is InChI=1S/C22H25N5OS/c28-22(25-19-12-6-7-13-21(19)29-18-10-4-5-11-18)26-20(14-27-16-23-15-24-27)17-8-2-1-3-9-17/h1-3,6-9,12-13,15-16,18,20H,4-5,10-11,14H2,(H2,25,26,28)/t20-/m0/s1. The Morgan fingerprint density at radius 1 is 1.10 bits per heavy atom. The number of benzene rings is 2. The number of carbonyl (C=O) groups excluding carboxylic acids is 1. The molecule has 2 N–H and O–H groups in total. The van der Waals surface area contributed by atoms with Gasteiger partial charge in [0.05, 0.1) is 18.3 Å². The molecule has 3 aromatic rings. The molecule has 7 heteroatoms. The second-order valence-corrected chi connectivity index (χ2v) is 8.54. The number of nitrogens with zero attached hydrogens (tertiary/aromatic N) is 3. The summed E-state index contributed by atoms with van der Waals surface area (Å²) in [4.78, 5) is 18.0. The lowest BCUT2D eigenvalue weighted by Gasteiger charge is -2.20. The number of carbonyl (C=O) groups is 1. The number of anilines is 1. The van der Waals surface area contributed by atoms with E-state index in [9.17, 15) is 4.79 Å². The number of hydrogen-bond donors (Lipinski definition) is 2. The second kappa shape index (κ2) is 9.60. The van der Waals surface area contributed by atoms with E-state index < -0.39 is 0 Å². The molecule has 1 fully saturated rings. The summed E-state index contributed by atoms with van der Waals surface area (Å²) >= 11 is 1.87.